The topological polar surface area (TPSA) is 46.3 Å². The van der Waals surface area contributed by atoms with Gasteiger partial charge in [0.2, 0.25) is 0 Å². The van der Waals surface area contributed by atoms with Crippen LogP contribution in [0.4, 0.5) is 0 Å². The Morgan fingerprint density at radius 3 is 2.38 bits per heavy atom. The molecule has 0 aromatic heterocycles. The average molecular weight is 236 g/mol. The van der Waals surface area contributed by atoms with Crippen molar-refractivity contribution in [3.8, 4) is 0 Å². The number of benzene rings is 1. The minimum Gasteiger partial charge on any atom is -0.300 e. The van der Waals surface area contributed by atoms with Crippen molar-refractivity contribution in [2.45, 2.75) is 24.3 Å². The van der Waals surface area contributed by atoms with Crippen LogP contribution in [0, 0.1) is 0 Å². The van der Waals surface area contributed by atoms with E-state index in [0.29, 0.717) is 18.6 Å². The number of hydrogen-bond donors (Lipinski definition) is 1. The maximum absolute atomic E-state index is 11.1. The first-order chi connectivity index (χ1) is 7.78. The molecule has 2 N–H and O–H groups in total. The largest absolute Gasteiger partial charge is 0.300 e. The summed E-state index contributed by atoms with van der Waals surface area (Å²) in [7, 11) is 0. The fourth-order valence-corrected chi connectivity index (χ4v) is 2.19. The molecule has 1 aromatic rings. The van der Waals surface area contributed by atoms with Gasteiger partial charge in [-0.15, -0.1) is 0 Å². The van der Waals surface area contributed by atoms with Crippen molar-refractivity contribution in [3.63, 3.8) is 0 Å². The van der Waals surface area contributed by atoms with Crippen LogP contribution in [0.5, 0.6) is 0 Å². The molecule has 0 bridgehead atoms. The van der Waals surface area contributed by atoms with E-state index < -0.39 is 0 Å². The summed E-state index contributed by atoms with van der Waals surface area (Å²) >= 11 is 1.27. The standard InChI is InChI=1S/C12H16N2OS/c13-16-12-3-1-10(2-4-12)9-14-7-5-11(15)6-8-14/h1-4H,5-9,13H2. The molecule has 2 rings (SSSR count). The Morgan fingerprint density at radius 1 is 1.19 bits per heavy atom. The summed E-state index contributed by atoms with van der Waals surface area (Å²) in [4.78, 5) is 14.5. The van der Waals surface area contributed by atoms with E-state index in [1.54, 1.807) is 0 Å². The average Bonchev–Trinajstić information content (AvgIpc) is 2.33. The molecule has 1 aromatic carbocycles. The molecule has 16 heavy (non-hydrogen) atoms. The van der Waals surface area contributed by atoms with E-state index in [4.69, 9.17) is 5.14 Å². The Bertz CT molecular complexity index is 354. The Labute approximate surface area is 100 Å². The first-order valence-corrected chi connectivity index (χ1v) is 6.35. The second-order valence-corrected chi connectivity index (χ2v) is 4.78. The van der Waals surface area contributed by atoms with E-state index in [9.17, 15) is 4.79 Å². The minimum absolute atomic E-state index is 0.395. The van der Waals surface area contributed by atoms with Crippen molar-refractivity contribution in [1.29, 1.82) is 0 Å². The lowest BCUT2D eigenvalue weighted by molar-refractivity contribution is -0.121. The maximum atomic E-state index is 11.1. The molecule has 1 heterocycles. The Kier molecular flexibility index (Phi) is 3.98. The summed E-state index contributed by atoms with van der Waals surface area (Å²) < 4.78 is 0. The van der Waals surface area contributed by atoms with Gasteiger partial charge in [0, 0.05) is 37.4 Å². The molecule has 0 unspecified atom stereocenters. The third-order valence-electron chi connectivity index (χ3n) is 2.88. The minimum atomic E-state index is 0.395. The molecule has 1 aliphatic heterocycles. The zero-order valence-electron chi connectivity index (χ0n) is 9.19. The van der Waals surface area contributed by atoms with E-state index in [1.807, 2.05) is 12.1 Å². The van der Waals surface area contributed by atoms with Gasteiger partial charge in [-0.25, -0.2) is 0 Å². The van der Waals surface area contributed by atoms with Crippen LogP contribution in [-0.2, 0) is 11.3 Å². The molecular formula is C12H16N2OS. The summed E-state index contributed by atoms with van der Waals surface area (Å²) in [5, 5.41) is 5.47. The maximum Gasteiger partial charge on any atom is 0.135 e. The molecule has 0 spiro atoms. The number of ketones is 1. The molecule has 1 aliphatic rings. The van der Waals surface area contributed by atoms with Crippen molar-refractivity contribution in [2.24, 2.45) is 5.14 Å². The highest BCUT2D eigenvalue weighted by Crippen LogP contribution is 2.15. The summed E-state index contributed by atoms with van der Waals surface area (Å²) in [6.07, 6.45) is 1.41. The lowest BCUT2D eigenvalue weighted by Gasteiger charge is -2.25. The van der Waals surface area contributed by atoms with Gasteiger partial charge in [-0.3, -0.25) is 14.8 Å². The lowest BCUT2D eigenvalue weighted by atomic mass is 10.1. The van der Waals surface area contributed by atoms with Crippen LogP contribution in [0.1, 0.15) is 18.4 Å². The first kappa shape index (κ1) is 11.6. The number of carbonyl (C=O) groups excluding carboxylic acids is 1. The van der Waals surface area contributed by atoms with Gasteiger partial charge in [-0.05, 0) is 29.6 Å². The predicted octanol–water partition coefficient (Wildman–Crippen LogP) is 1.82. The molecule has 0 radical (unpaired) electrons. The van der Waals surface area contributed by atoms with Gasteiger partial charge in [0.25, 0.3) is 0 Å². The SMILES string of the molecule is NSc1ccc(CN2CCC(=O)CC2)cc1. The fourth-order valence-electron chi connectivity index (χ4n) is 1.89. The quantitative estimate of drug-likeness (QED) is 0.813. The zero-order chi connectivity index (χ0) is 11.4. The van der Waals surface area contributed by atoms with Gasteiger partial charge in [0.1, 0.15) is 5.78 Å². The summed E-state index contributed by atoms with van der Waals surface area (Å²) in [6, 6.07) is 8.28. The van der Waals surface area contributed by atoms with Crippen LogP contribution in [-0.4, -0.2) is 23.8 Å². The fraction of sp³-hybridized carbons (Fsp3) is 0.417. The number of rotatable bonds is 3. The van der Waals surface area contributed by atoms with E-state index >= 15 is 0 Å². The molecule has 1 fully saturated rings. The molecule has 4 heteroatoms. The number of likely N-dealkylation sites (tertiary alicyclic amines) is 1. The van der Waals surface area contributed by atoms with Crippen LogP contribution >= 0.6 is 11.9 Å². The predicted molar refractivity (Wildman–Crippen MR) is 66.0 cm³/mol. The molecule has 0 atom stereocenters. The number of Topliss-reactive ketones (excluding diaryl/α,β-unsaturated/α-hetero) is 1. The van der Waals surface area contributed by atoms with E-state index in [1.165, 1.54) is 17.5 Å². The van der Waals surface area contributed by atoms with Crippen molar-refractivity contribution >= 4 is 17.7 Å². The van der Waals surface area contributed by atoms with Gasteiger partial charge >= 0.3 is 0 Å². The van der Waals surface area contributed by atoms with Gasteiger partial charge in [0.05, 0.1) is 0 Å². The third kappa shape index (κ3) is 3.07. The van der Waals surface area contributed by atoms with Crippen LogP contribution in [0.3, 0.4) is 0 Å². The summed E-state index contributed by atoms with van der Waals surface area (Å²) in [5.74, 6) is 0.395. The molecular weight excluding hydrogens is 220 g/mol. The summed E-state index contributed by atoms with van der Waals surface area (Å²) in [5.41, 5.74) is 1.28. The smallest absolute Gasteiger partial charge is 0.135 e. The Morgan fingerprint density at radius 2 is 1.81 bits per heavy atom. The van der Waals surface area contributed by atoms with Gasteiger partial charge in [-0.2, -0.15) is 0 Å². The van der Waals surface area contributed by atoms with E-state index in [-0.39, 0.29) is 0 Å². The van der Waals surface area contributed by atoms with Crippen LogP contribution in [0.25, 0.3) is 0 Å². The molecule has 0 amide bonds. The monoisotopic (exact) mass is 236 g/mol. The molecule has 0 saturated carbocycles. The Balaban J connectivity index is 1.90. The number of hydrogen-bond acceptors (Lipinski definition) is 4. The molecule has 1 saturated heterocycles. The normalized spacial score (nSPS) is 17.7. The van der Waals surface area contributed by atoms with Crippen molar-refractivity contribution in [3.05, 3.63) is 29.8 Å². The van der Waals surface area contributed by atoms with Crippen molar-refractivity contribution in [1.82, 2.24) is 4.90 Å². The summed E-state index contributed by atoms with van der Waals surface area (Å²) in [6.45, 7) is 2.72. The first-order valence-electron chi connectivity index (χ1n) is 5.47. The number of piperidine rings is 1. The number of carbonyl (C=O) groups is 1. The van der Waals surface area contributed by atoms with Crippen LogP contribution in [0.2, 0.25) is 0 Å². The number of nitrogens with two attached hydrogens (primary N) is 1. The van der Waals surface area contributed by atoms with Crippen molar-refractivity contribution < 1.29 is 4.79 Å². The molecule has 0 aliphatic carbocycles. The highest BCUT2D eigenvalue weighted by atomic mass is 32.2. The van der Waals surface area contributed by atoms with Crippen molar-refractivity contribution in [2.75, 3.05) is 13.1 Å². The van der Waals surface area contributed by atoms with Gasteiger partial charge < -0.3 is 0 Å². The zero-order valence-corrected chi connectivity index (χ0v) is 10.0. The highest BCUT2D eigenvalue weighted by Gasteiger charge is 2.15. The highest BCUT2D eigenvalue weighted by molar-refractivity contribution is 7.97. The molecule has 86 valence electrons. The Hall–Kier alpha value is -0.840. The molecule has 3 nitrogen and oxygen atoms in total. The second-order valence-electron chi connectivity index (χ2n) is 4.08. The lowest BCUT2D eigenvalue weighted by Crippen LogP contribution is -2.33. The van der Waals surface area contributed by atoms with E-state index in [2.05, 4.69) is 17.0 Å². The number of nitrogens with zero attached hydrogens (tertiary/aromatic N) is 1. The van der Waals surface area contributed by atoms with Gasteiger partial charge in [-0.1, -0.05) is 12.1 Å². The van der Waals surface area contributed by atoms with Gasteiger partial charge in [0.15, 0.2) is 0 Å². The third-order valence-corrected chi connectivity index (χ3v) is 3.42. The van der Waals surface area contributed by atoms with Crippen LogP contribution in [0.15, 0.2) is 29.2 Å². The van der Waals surface area contributed by atoms with Crippen LogP contribution < -0.4 is 5.14 Å². The van der Waals surface area contributed by atoms with E-state index in [0.717, 1.165) is 24.5 Å². The second kappa shape index (κ2) is 5.48.